The first-order valence-electron chi connectivity index (χ1n) is 8.54. The van der Waals surface area contributed by atoms with E-state index in [1.807, 2.05) is 19.9 Å². The van der Waals surface area contributed by atoms with Crippen LogP contribution in [0.25, 0.3) is 5.69 Å². The molecular formula is C18H24F4N4O3. The van der Waals surface area contributed by atoms with Crippen molar-refractivity contribution in [3.05, 3.63) is 47.5 Å². The third-order valence-corrected chi connectivity index (χ3v) is 3.90. The van der Waals surface area contributed by atoms with Crippen LogP contribution in [0, 0.1) is 12.7 Å². The molecule has 0 aliphatic carbocycles. The summed E-state index contributed by atoms with van der Waals surface area (Å²) in [6, 6.07) is 4.95. The highest BCUT2D eigenvalue weighted by Crippen LogP contribution is 2.20. The number of aliphatic hydroxyl groups is 1. The maximum absolute atomic E-state index is 14.3. The molecule has 0 aliphatic heterocycles. The van der Waals surface area contributed by atoms with Gasteiger partial charge < -0.3 is 21.3 Å². The van der Waals surface area contributed by atoms with Crippen molar-refractivity contribution < 1.29 is 32.6 Å². The van der Waals surface area contributed by atoms with Gasteiger partial charge in [0.1, 0.15) is 11.5 Å². The van der Waals surface area contributed by atoms with Crippen LogP contribution in [0.4, 0.5) is 17.6 Å². The van der Waals surface area contributed by atoms with Crippen molar-refractivity contribution in [1.29, 1.82) is 0 Å². The van der Waals surface area contributed by atoms with E-state index < -0.39 is 17.7 Å². The largest absolute Gasteiger partial charge is 0.490 e. The number of carboxylic acid groups (broad SMARTS) is 1. The molecular weight excluding hydrogens is 396 g/mol. The molecule has 0 saturated heterocycles. The van der Waals surface area contributed by atoms with Crippen molar-refractivity contribution in [2.45, 2.75) is 38.6 Å². The molecule has 0 bridgehead atoms. The number of nitrogens with two attached hydrogens (primary N) is 1. The summed E-state index contributed by atoms with van der Waals surface area (Å²) in [4.78, 5) is 8.90. The number of nitrogens with zero attached hydrogens (tertiary/aromatic N) is 2. The second-order valence-corrected chi connectivity index (χ2v) is 6.78. The fourth-order valence-corrected chi connectivity index (χ4v) is 2.09. The van der Waals surface area contributed by atoms with Crippen LogP contribution >= 0.6 is 0 Å². The summed E-state index contributed by atoms with van der Waals surface area (Å²) in [7, 11) is 0. The second kappa shape index (κ2) is 9.81. The third kappa shape index (κ3) is 7.80. The van der Waals surface area contributed by atoms with Gasteiger partial charge in [-0.05, 0) is 44.0 Å². The van der Waals surface area contributed by atoms with E-state index in [0.717, 1.165) is 11.1 Å². The minimum Gasteiger partial charge on any atom is -0.475 e. The Bertz CT molecular complexity index is 822. The van der Waals surface area contributed by atoms with Crippen LogP contribution in [0.15, 0.2) is 30.6 Å². The van der Waals surface area contributed by atoms with E-state index in [1.165, 1.54) is 10.7 Å². The van der Waals surface area contributed by atoms with Gasteiger partial charge >= 0.3 is 12.1 Å². The maximum Gasteiger partial charge on any atom is 0.490 e. The zero-order valence-electron chi connectivity index (χ0n) is 16.2. The molecule has 2 rings (SSSR count). The van der Waals surface area contributed by atoms with Crippen molar-refractivity contribution in [2.24, 2.45) is 5.73 Å². The lowest BCUT2D eigenvalue weighted by Crippen LogP contribution is -2.44. The van der Waals surface area contributed by atoms with Gasteiger partial charge in [0.15, 0.2) is 0 Å². The molecule has 0 amide bonds. The normalized spacial score (nSPS) is 14.5. The second-order valence-electron chi connectivity index (χ2n) is 6.78. The highest BCUT2D eigenvalue weighted by Gasteiger charge is 2.38. The third-order valence-electron chi connectivity index (χ3n) is 3.90. The predicted octanol–water partition coefficient (Wildman–Crippen LogP) is 2.31. The van der Waals surface area contributed by atoms with Crippen LogP contribution in [0.5, 0.6) is 0 Å². The number of nitrogens with one attached hydrogen (secondary N) is 1. The lowest BCUT2D eigenvalue weighted by molar-refractivity contribution is -0.192. The molecule has 29 heavy (non-hydrogen) atoms. The molecule has 1 aromatic carbocycles. The number of aryl methyl sites for hydroxylation is 1. The average Bonchev–Trinajstić information content (AvgIpc) is 3.05. The first-order chi connectivity index (χ1) is 13.3. The SMILES string of the molecule is Cc1cnn(-c2ccc(C(C)NCC(C)(O)CN)cc2F)c1.O=C(O)C(F)(F)F. The van der Waals surface area contributed by atoms with Crippen LogP contribution in [-0.2, 0) is 4.79 Å². The summed E-state index contributed by atoms with van der Waals surface area (Å²) >= 11 is 0. The van der Waals surface area contributed by atoms with Gasteiger partial charge in [0.05, 0.1) is 11.8 Å². The lowest BCUT2D eigenvalue weighted by atomic mass is 10.0. The summed E-state index contributed by atoms with van der Waals surface area (Å²) in [6.07, 6.45) is -1.62. The molecule has 1 heterocycles. The van der Waals surface area contributed by atoms with Crippen molar-refractivity contribution in [3.8, 4) is 5.69 Å². The van der Waals surface area contributed by atoms with Crippen molar-refractivity contribution in [2.75, 3.05) is 13.1 Å². The molecule has 0 aliphatic rings. The Kier molecular flexibility index (Phi) is 8.30. The van der Waals surface area contributed by atoms with E-state index in [9.17, 15) is 22.7 Å². The van der Waals surface area contributed by atoms with E-state index in [2.05, 4.69) is 10.4 Å². The number of halogens is 4. The minimum atomic E-state index is -5.08. The molecule has 0 spiro atoms. The molecule has 7 nitrogen and oxygen atoms in total. The van der Waals surface area contributed by atoms with E-state index in [4.69, 9.17) is 15.6 Å². The number of hydrogen-bond donors (Lipinski definition) is 4. The number of carbonyl (C=O) groups is 1. The molecule has 0 saturated carbocycles. The maximum atomic E-state index is 14.3. The Labute approximate surface area is 165 Å². The zero-order chi connectivity index (χ0) is 22.4. The van der Waals surface area contributed by atoms with Crippen LogP contribution in [0.1, 0.15) is 31.0 Å². The van der Waals surface area contributed by atoms with Crippen molar-refractivity contribution in [3.63, 3.8) is 0 Å². The molecule has 0 fully saturated rings. The Morgan fingerprint density at radius 2 is 1.97 bits per heavy atom. The zero-order valence-corrected chi connectivity index (χ0v) is 16.2. The highest BCUT2D eigenvalue weighted by molar-refractivity contribution is 5.73. The van der Waals surface area contributed by atoms with Gasteiger partial charge in [-0.3, -0.25) is 0 Å². The Balaban J connectivity index is 0.000000516. The molecule has 162 valence electrons. The number of carboxylic acids is 1. The monoisotopic (exact) mass is 420 g/mol. The summed E-state index contributed by atoms with van der Waals surface area (Å²) in [6.45, 7) is 5.99. The van der Waals surface area contributed by atoms with E-state index in [0.29, 0.717) is 12.2 Å². The van der Waals surface area contributed by atoms with Gasteiger partial charge in [-0.25, -0.2) is 13.9 Å². The molecule has 2 unspecified atom stereocenters. The first-order valence-corrected chi connectivity index (χ1v) is 8.54. The van der Waals surface area contributed by atoms with Crippen LogP contribution in [0.3, 0.4) is 0 Å². The summed E-state index contributed by atoms with van der Waals surface area (Å²) in [5.74, 6) is -3.09. The molecule has 11 heteroatoms. The smallest absolute Gasteiger partial charge is 0.475 e. The number of benzene rings is 1. The van der Waals surface area contributed by atoms with Gasteiger partial charge in [-0.2, -0.15) is 18.3 Å². The lowest BCUT2D eigenvalue weighted by Gasteiger charge is -2.24. The molecule has 2 aromatic rings. The Morgan fingerprint density at radius 3 is 2.38 bits per heavy atom. The molecule has 5 N–H and O–H groups in total. The fourth-order valence-electron chi connectivity index (χ4n) is 2.09. The average molecular weight is 420 g/mol. The highest BCUT2D eigenvalue weighted by atomic mass is 19.4. The Hall–Kier alpha value is -2.50. The number of aliphatic carboxylic acids is 1. The number of aromatic nitrogens is 2. The number of alkyl halides is 3. The van der Waals surface area contributed by atoms with Crippen molar-refractivity contribution >= 4 is 5.97 Å². The Morgan fingerprint density at radius 1 is 1.38 bits per heavy atom. The molecule has 1 aromatic heterocycles. The summed E-state index contributed by atoms with van der Waals surface area (Å²) in [5, 5.41) is 24.3. The topological polar surface area (TPSA) is 113 Å². The molecule has 2 atom stereocenters. The van der Waals surface area contributed by atoms with E-state index >= 15 is 0 Å². The van der Waals surface area contributed by atoms with Gasteiger partial charge in [-0.15, -0.1) is 0 Å². The molecule has 0 radical (unpaired) electrons. The number of hydrogen-bond acceptors (Lipinski definition) is 5. The summed E-state index contributed by atoms with van der Waals surface area (Å²) < 4.78 is 47.5. The van der Waals surface area contributed by atoms with Gasteiger partial charge in [0.2, 0.25) is 0 Å². The fraction of sp³-hybridized carbons (Fsp3) is 0.444. The standard InChI is InChI=1S/C16H23FN4O.C2HF3O2/c1-11-7-20-21(8-11)15-5-4-13(6-14(15)17)12(2)19-10-16(3,22)9-18;3-2(4,5)1(6)7/h4-8,12,19,22H,9-10,18H2,1-3H3;(H,6,7). The first kappa shape index (κ1) is 24.5. The van der Waals surface area contributed by atoms with Gasteiger partial charge in [0.25, 0.3) is 0 Å². The van der Waals surface area contributed by atoms with E-state index in [-0.39, 0.29) is 18.4 Å². The van der Waals surface area contributed by atoms with Gasteiger partial charge in [-0.1, -0.05) is 6.07 Å². The van der Waals surface area contributed by atoms with E-state index in [1.54, 1.807) is 25.4 Å². The van der Waals surface area contributed by atoms with Crippen LogP contribution in [0.2, 0.25) is 0 Å². The number of rotatable bonds is 6. The summed E-state index contributed by atoms with van der Waals surface area (Å²) in [5.41, 5.74) is 6.70. The quantitative estimate of drug-likeness (QED) is 0.534. The van der Waals surface area contributed by atoms with Crippen LogP contribution in [-0.4, -0.2) is 50.8 Å². The van der Waals surface area contributed by atoms with Crippen LogP contribution < -0.4 is 11.1 Å². The predicted molar refractivity (Wildman–Crippen MR) is 98.0 cm³/mol. The van der Waals surface area contributed by atoms with Crippen molar-refractivity contribution in [1.82, 2.24) is 15.1 Å². The minimum absolute atomic E-state index is 0.0964. The van der Waals surface area contributed by atoms with Gasteiger partial charge in [0, 0.05) is 25.3 Å².